The van der Waals surface area contributed by atoms with Crippen molar-refractivity contribution in [1.29, 1.82) is 0 Å². The van der Waals surface area contributed by atoms with Gasteiger partial charge in [-0.3, -0.25) is 19.4 Å². The van der Waals surface area contributed by atoms with E-state index in [1.54, 1.807) is 12.3 Å². The Morgan fingerprint density at radius 3 is 1.91 bits per heavy atom. The van der Waals surface area contributed by atoms with E-state index in [1.165, 1.54) is 12.5 Å². The maximum Gasteiger partial charge on any atom is 0.305 e. The number of carbonyl (C=O) groups excluding carboxylic acids is 2. The number of aliphatic imine (C=N–C) groups is 1. The molecule has 0 fully saturated rings. The number of nitrogens with zero attached hydrogens (tertiary/aromatic N) is 1. The summed E-state index contributed by atoms with van der Waals surface area (Å²) in [6.07, 6.45) is 3.49. The molecule has 9 heteroatoms. The van der Waals surface area contributed by atoms with Crippen LogP contribution >= 0.6 is 0 Å². The molecule has 0 aliphatic heterocycles. The molecule has 0 bridgehead atoms. The van der Waals surface area contributed by atoms with Crippen molar-refractivity contribution in [2.24, 2.45) is 4.99 Å². The highest BCUT2D eigenvalue weighted by Crippen LogP contribution is 2.32. The lowest BCUT2D eigenvalue weighted by atomic mass is 9.92. The average Bonchev–Trinajstić information content (AvgIpc) is 3.01. The molecule has 0 saturated heterocycles. The van der Waals surface area contributed by atoms with Crippen LogP contribution in [0.4, 0.5) is 14.5 Å². The number of hydrogen-bond acceptors (Lipinski definition) is 5. The number of hydrogen-bond donors (Lipinski definition) is 3. The molecule has 0 radical (unpaired) electrons. The summed E-state index contributed by atoms with van der Waals surface area (Å²) in [6, 6.07) is 12.4. The van der Waals surface area contributed by atoms with Crippen LogP contribution < -0.4 is 10.6 Å². The molecule has 1 unspecified atom stereocenters. The first-order chi connectivity index (χ1) is 21.5. The van der Waals surface area contributed by atoms with Crippen molar-refractivity contribution in [3.8, 4) is 11.1 Å². The van der Waals surface area contributed by atoms with Gasteiger partial charge in [-0.2, -0.15) is 0 Å². The topological polar surface area (TPSA) is 108 Å². The number of carboxylic acid groups (broad SMARTS) is 1. The van der Waals surface area contributed by atoms with Crippen molar-refractivity contribution < 1.29 is 28.3 Å². The predicted octanol–water partition coefficient (Wildman–Crippen LogP) is 8.71. The van der Waals surface area contributed by atoms with Gasteiger partial charge in [0.1, 0.15) is 0 Å². The Bertz CT molecular complexity index is 1320. The van der Waals surface area contributed by atoms with E-state index in [0.29, 0.717) is 11.1 Å². The molecule has 45 heavy (non-hydrogen) atoms. The number of benzene rings is 3. The molecule has 3 aromatic rings. The van der Waals surface area contributed by atoms with Gasteiger partial charge in [-0.15, -0.1) is 0 Å². The van der Waals surface area contributed by atoms with Crippen molar-refractivity contribution in [2.75, 3.05) is 13.6 Å². The van der Waals surface area contributed by atoms with Crippen LogP contribution in [0.1, 0.15) is 93.0 Å². The van der Waals surface area contributed by atoms with Gasteiger partial charge in [-0.05, 0) is 87.3 Å². The fourth-order valence-corrected chi connectivity index (χ4v) is 3.88. The van der Waals surface area contributed by atoms with Gasteiger partial charge >= 0.3 is 5.97 Å². The van der Waals surface area contributed by atoms with Crippen LogP contribution in [0.5, 0.6) is 0 Å². The first-order valence-electron chi connectivity index (χ1n) is 15.1. The normalized spacial score (nSPS) is 10.3. The fourth-order valence-electron chi connectivity index (χ4n) is 3.88. The summed E-state index contributed by atoms with van der Waals surface area (Å²) in [7, 11) is 1.93. The minimum atomic E-state index is -1.23. The third kappa shape index (κ3) is 15.4. The van der Waals surface area contributed by atoms with Crippen molar-refractivity contribution in [3.05, 3.63) is 88.0 Å². The number of halogens is 2. The molecule has 3 rings (SSSR count). The second-order valence-electron chi connectivity index (χ2n) is 9.50. The predicted molar refractivity (Wildman–Crippen MR) is 183 cm³/mol. The van der Waals surface area contributed by atoms with E-state index in [-0.39, 0.29) is 12.0 Å². The summed E-state index contributed by atoms with van der Waals surface area (Å²) < 4.78 is 28.3. The van der Waals surface area contributed by atoms with Crippen LogP contribution in [-0.4, -0.2) is 43.6 Å². The Morgan fingerprint density at radius 2 is 1.47 bits per heavy atom. The third-order valence-corrected chi connectivity index (χ3v) is 5.86. The van der Waals surface area contributed by atoms with Crippen molar-refractivity contribution in [1.82, 2.24) is 10.6 Å². The van der Waals surface area contributed by atoms with Crippen molar-refractivity contribution in [3.63, 3.8) is 0 Å². The lowest BCUT2D eigenvalue weighted by molar-refractivity contribution is -0.137. The summed E-state index contributed by atoms with van der Waals surface area (Å²) in [6.45, 7) is 18.9. The lowest BCUT2D eigenvalue weighted by Crippen LogP contribution is -2.24. The van der Waals surface area contributed by atoms with Crippen LogP contribution in [-0.2, 0) is 9.59 Å². The van der Waals surface area contributed by atoms with Gasteiger partial charge in [0.25, 0.3) is 0 Å². The van der Waals surface area contributed by atoms with E-state index >= 15 is 0 Å². The van der Waals surface area contributed by atoms with Gasteiger partial charge in [0.05, 0.1) is 18.2 Å². The van der Waals surface area contributed by atoms with E-state index in [2.05, 4.69) is 36.4 Å². The highest BCUT2D eigenvalue weighted by Gasteiger charge is 2.23. The summed E-state index contributed by atoms with van der Waals surface area (Å²) >= 11 is 0. The van der Waals surface area contributed by atoms with Gasteiger partial charge < -0.3 is 15.7 Å². The van der Waals surface area contributed by atoms with E-state index in [0.717, 1.165) is 46.8 Å². The Kier molecular flexibility index (Phi) is 23.9. The number of carboxylic acids is 1. The van der Waals surface area contributed by atoms with Gasteiger partial charge in [0.15, 0.2) is 17.9 Å². The third-order valence-electron chi connectivity index (χ3n) is 5.86. The Balaban J connectivity index is 0. The lowest BCUT2D eigenvalue weighted by Gasteiger charge is -2.18. The summed E-state index contributed by atoms with van der Waals surface area (Å²) in [4.78, 5) is 36.4. The molecule has 1 atom stereocenters. The molecule has 0 heterocycles. The molecule has 0 aliphatic carbocycles. The molecule has 3 aromatic carbocycles. The van der Waals surface area contributed by atoms with Gasteiger partial charge in [-0.1, -0.05) is 71.4 Å². The van der Waals surface area contributed by atoms with E-state index in [9.17, 15) is 23.2 Å². The zero-order chi connectivity index (χ0) is 34.9. The number of nitrogens with one attached hydrogen (secondary N) is 2. The number of carbonyl (C=O) groups is 3. The Hall–Kier alpha value is -4.24. The molecule has 0 aromatic heterocycles. The largest absolute Gasteiger partial charge is 0.481 e. The van der Waals surface area contributed by atoms with Gasteiger partial charge in [-0.25, -0.2) is 8.78 Å². The van der Waals surface area contributed by atoms with Crippen LogP contribution in [0.2, 0.25) is 0 Å². The number of aryl methyl sites for hydroxylation is 3. The SMILES string of the molecule is CC.CC=Nc1c(C)cccc1C=O.CCC.CCNC.Cc1cccc(C)c1-c1cc(F)c(F)c(C(CC(=O)O)NC=O)c1. The zero-order valence-electron chi connectivity index (χ0n) is 28.4. The molecule has 0 saturated carbocycles. The van der Waals surface area contributed by atoms with Crippen molar-refractivity contribution in [2.45, 2.75) is 81.2 Å². The molecule has 7 nitrogen and oxygen atoms in total. The number of amides is 1. The Labute approximate surface area is 268 Å². The number of para-hydroxylation sites is 1. The molecule has 248 valence electrons. The average molecular weight is 628 g/mol. The standard InChI is InChI=1S/C18H17F2NO3.C10H11NO.C3H9N.C3H8.C2H6/c1-10-4-3-5-11(2)17(10)12-6-13(18(20)14(19)7-12)15(21-9-22)8-16(23)24;1-3-11-10-8(2)5-4-6-9(10)7-12;1-3-4-2;1-3-2;1-2/h3-7,9,15H,8H2,1-2H3,(H,21,22)(H,23,24);3-7H,1-2H3;4H,3H2,1-2H3;3H2,1-2H3;1-2H3. The zero-order valence-corrected chi connectivity index (χ0v) is 28.4. The van der Waals surface area contributed by atoms with E-state index in [1.807, 2.05) is 78.9 Å². The van der Waals surface area contributed by atoms with Crippen LogP contribution in [0.25, 0.3) is 11.1 Å². The quantitative estimate of drug-likeness (QED) is 0.162. The monoisotopic (exact) mass is 627 g/mol. The van der Waals surface area contributed by atoms with Crippen molar-refractivity contribution >= 4 is 30.6 Å². The second-order valence-corrected chi connectivity index (χ2v) is 9.50. The second kappa shape index (κ2) is 25.1. The summed E-state index contributed by atoms with van der Waals surface area (Å²) in [5.74, 6) is -3.48. The minimum Gasteiger partial charge on any atom is -0.481 e. The fraction of sp³-hybridized carbons (Fsp3) is 0.389. The number of aldehydes is 1. The van der Waals surface area contributed by atoms with Gasteiger partial charge in [0.2, 0.25) is 6.41 Å². The Morgan fingerprint density at radius 1 is 0.956 bits per heavy atom. The van der Waals surface area contributed by atoms with Crippen LogP contribution in [0, 0.1) is 32.4 Å². The van der Waals surface area contributed by atoms with E-state index < -0.39 is 30.1 Å². The molecule has 1 amide bonds. The maximum absolute atomic E-state index is 14.2. The van der Waals surface area contributed by atoms with Crippen LogP contribution in [0.15, 0.2) is 53.5 Å². The first-order valence-corrected chi connectivity index (χ1v) is 15.1. The number of rotatable bonds is 9. The summed E-state index contributed by atoms with van der Waals surface area (Å²) in [5.41, 5.74) is 5.19. The van der Waals surface area contributed by atoms with E-state index in [4.69, 9.17) is 5.11 Å². The highest BCUT2D eigenvalue weighted by atomic mass is 19.2. The molecule has 3 N–H and O–H groups in total. The number of aliphatic carboxylic acids is 1. The summed E-state index contributed by atoms with van der Waals surface area (Å²) in [5, 5.41) is 14.1. The molecular formula is C36H51F2N3O4. The molecule has 0 spiro atoms. The maximum atomic E-state index is 14.2. The molecular weight excluding hydrogens is 576 g/mol. The highest BCUT2D eigenvalue weighted by molar-refractivity contribution is 5.85. The first kappa shape index (κ1) is 42.9. The molecule has 0 aliphatic rings. The van der Waals surface area contributed by atoms with Crippen LogP contribution in [0.3, 0.4) is 0 Å². The smallest absolute Gasteiger partial charge is 0.305 e. The minimum absolute atomic E-state index is 0.192. The van der Waals surface area contributed by atoms with Gasteiger partial charge in [0, 0.05) is 17.3 Å².